The molecule has 2 aromatic carbocycles. The number of aryl methyl sites for hydroxylation is 1. The monoisotopic (exact) mass is 339 g/mol. The van der Waals surface area contributed by atoms with E-state index in [1.165, 1.54) is 5.56 Å². The molecule has 4 heteroatoms. The first-order valence-electron chi connectivity index (χ1n) is 6.03. The first-order chi connectivity index (χ1) is 9.15. The van der Waals surface area contributed by atoms with Crippen molar-refractivity contribution in [3.63, 3.8) is 0 Å². The van der Waals surface area contributed by atoms with Crippen molar-refractivity contribution in [1.29, 1.82) is 0 Å². The molecule has 0 fully saturated rings. The van der Waals surface area contributed by atoms with Crippen LogP contribution in [-0.4, -0.2) is 13.2 Å². The van der Waals surface area contributed by atoms with Crippen LogP contribution in [0.1, 0.15) is 5.56 Å². The number of halogens is 2. The summed E-state index contributed by atoms with van der Waals surface area (Å²) in [5, 5.41) is 4.00. The van der Waals surface area contributed by atoms with E-state index in [2.05, 4.69) is 21.2 Å². The molecule has 1 N–H and O–H groups in total. The third-order valence-electron chi connectivity index (χ3n) is 2.62. The van der Waals surface area contributed by atoms with Crippen LogP contribution in [0.4, 0.5) is 5.69 Å². The van der Waals surface area contributed by atoms with E-state index in [9.17, 15) is 0 Å². The largest absolute Gasteiger partial charge is 0.492 e. The molecule has 0 radical (unpaired) electrons. The van der Waals surface area contributed by atoms with Crippen molar-refractivity contribution in [3.8, 4) is 5.75 Å². The minimum atomic E-state index is 0.589. The van der Waals surface area contributed by atoms with Crippen molar-refractivity contribution in [2.24, 2.45) is 0 Å². The number of benzene rings is 2. The van der Waals surface area contributed by atoms with Gasteiger partial charge in [0.15, 0.2) is 0 Å². The van der Waals surface area contributed by atoms with Gasteiger partial charge in [-0.2, -0.15) is 0 Å². The molecule has 2 rings (SSSR count). The van der Waals surface area contributed by atoms with E-state index >= 15 is 0 Å². The van der Waals surface area contributed by atoms with Crippen molar-refractivity contribution < 1.29 is 4.74 Å². The van der Waals surface area contributed by atoms with Crippen LogP contribution in [-0.2, 0) is 0 Å². The Morgan fingerprint density at radius 2 is 1.89 bits per heavy atom. The number of hydrogen-bond acceptors (Lipinski definition) is 2. The van der Waals surface area contributed by atoms with Crippen LogP contribution >= 0.6 is 27.5 Å². The van der Waals surface area contributed by atoms with E-state index in [4.69, 9.17) is 16.3 Å². The zero-order valence-electron chi connectivity index (χ0n) is 10.6. The van der Waals surface area contributed by atoms with Gasteiger partial charge in [0.25, 0.3) is 0 Å². The predicted octanol–water partition coefficient (Wildman–Crippen LogP) is 4.90. The summed E-state index contributed by atoms with van der Waals surface area (Å²) in [4.78, 5) is 0. The normalized spacial score (nSPS) is 10.3. The molecule has 0 aliphatic rings. The summed E-state index contributed by atoms with van der Waals surface area (Å²) in [5.74, 6) is 0.861. The second-order valence-electron chi connectivity index (χ2n) is 4.21. The molecule has 2 aromatic rings. The van der Waals surface area contributed by atoms with Crippen LogP contribution in [0.3, 0.4) is 0 Å². The van der Waals surface area contributed by atoms with E-state index in [1.54, 1.807) is 0 Å². The van der Waals surface area contributed by atoms with Crippen LogP contribution in [0.5, 0.6) is 5.75 Å². The molecule has 2 nitrogen and oxygen atoms in total. The molecule has 0 bridgehead atoms. The maximum atomic E-state index is 6.10. The molecule has 0 unspecified atom stereocenters. The minimum Gasteiger partial charge on any atom is -0.492 e. The van der Waals surface area contributed by atoms with E-state index in [-0.39, 0.29) is 0 Å². The van der Waals surface area contributed by atoms with Crippen molar-refractivity contribution in [1.82, 2.24) is 0 Å². The summed E-state index contributed by atoms with van der Waals surface area (Å²) in [5.41, 5.74) is 2.13. The van der Waals surface area contributed by atoms with Crippen molar-refractivity contribution in [2.75, 3.05) is 18.5 Å². The van der Waals surface area contributed by atoms with E-state index in [0.29, 0.717) is 13.2 Å². The van der Waals surface area contributed by atoms with Crippen LogP contribution < -0.4 is 10.1 Å². The minimum absolute atomic E-state index is 0.589. The van der Waals surface area contributed by atoms with E-state index in [1.807, 2.05) is 49.4 Å². The predicted molar refractivity (Wildman–Crippen MR) is 84.3 cm³/mol. The standard InChI is InChI=1S/C15H15BrClNO/c1-11-2-7-14(17)15(10-11)18-8-9-19-13-5-3-12(16)4-6-13/h2-7,10,18H,8-9H2,1H3. The van der Waals surface area contributed by atoms with Gasteiger partial charge in [0.1, 0.15) is 12.4 Å². The maximum absolute atomic E-state index is 6.10. The van der Waals surface area contributed by atoms with Gasteiger partial charge in [-0.25, -0.2) is 0 Å². The molecule has 0 amide bonds. The lowest BCUT2D eigenvalue weighted by atomic mass is 10.2. The molecule has 0 aliphatic heterocycles. The van der Waals surface area contributed by atoms with Crippen LogP contribution in [0.25, 0.3) is 0 Å². The van der Waals surface area contributed by atoms with Gasteiger partial charge in [0.2, 0.25) is 0 Å². The molecule has 0 saturated carbocycles. The molecular weight excluding hydrogens is 326 g/mol. The molecule has 0 aliphatic carbocycles. The maximum Gasteiger partial charge on any atom is 0.119 e. The molecule has 0 saturated heterocycles. The van der Waals surface area contributed by atoms with Crippen molar-refractivity contribution in [3.05, 3.63) is 57.5 Å². The van der Waals surface area contributed by atoms with Gasteiger partial charge in [-0.15, -0.1) is 0 Å². The summed E-state index contributed by atoms with van der Waals surface area (Å²) in [7, 11) is 0. The number of ether oxygens (including phenoxy) is 1. The lowest BCUT2D eigenvalue weighted by Gasteiger charge is -2.10. The Labute approximate surface area is 126 Å². The van der Waals surface area contributed by atoms with Crippen molar-refractivity contribution >= 4 is 33.2 Å². The molecule has 0 atom stereocenters. The number of anilines is 1. The summed E-state index contributed by atoms with van der Waals surface area (Å²) in [6, 6.07) is 13.7. The van der Waals surface area contributed by atoms with Gasteiger partial charge in [0.05, 0.1) is 10.7 Å². The van der Waals surface area contributed by atoms with Crippen molar-refractivity contribution in [2.45, 2.75) is 6.92 Å². The van der Waals surface area contributed by atoms with Gasteiger partial charge < -0.3 is 10.1 Å². The SMILES string of the molecule is Cc1ccc(Cl)c(NCCOc2ccc(Br)cc2)c1. The van der Waals surface area contributed by atoms with Gasteiger partial charge in [0, 0.05) is 11.0 Å². The molecule has 0 aromatic heterocycles. The van der Waals surface area contributed by atoms with E-state index in [0.717, 1.165) is 20.9 Å². The number of hydrogen-bond donors (Lipinski definition) is 1. The fourth-order valence-corrected chi connectivity index (χ4v) is 2.11. The molecular formula is C15H15BrClNO. The Balaban J connectivity index is 1.80. The van der Waals surface area contributed by atoms with Gasteiger partial charge in [-0.1, -0.05) is 33.6 Å². The molecule has 0 heterocycles. The third kappa shape index (κ3) is 4.44. The highest BCUT2D eigenvalue weighted by molar-refractivity contribution is 9.10. The fourth-order valence-electron chi connectivity index (χ4n) is 1.66. The highest BCUT2D eigenvalue weighted by atomic mass is 79.9. The average Bonchev–Trinajstić information content (AvgIpc) is 2.40. The van der Waals surface area contributed by atoms with Crippen LogP contribution in [0.15, 0.2) is 46.9 Å². The zero-order valence-corrected chi connectivity index (χ0v) is 13.0. The Hall–Kier alpha value is -1.19. The highest BCUT2D eigenvalue weighted by Crippen LogP contribution is 2.22. The average molecular weight is 341 g/mol. The molecule has 19 heavy (non-hydrogen) atoms. The Kier molecular flexibility index (Phi) is 5.11. The quantitative estimate of drug-likeness (QED) is 0.782. The number of rotatable bonds is 5. The Morgan fingerprint density at radius 1 is 1.16 bits per heavy atom. The summed E-state index contributed by atoms with van der Waals surface area (Å²) in [6.07, 6.45) is 0. The number of nitrogens with one attached hydrogen (secondary N) is 1. The van der Waals surface area contributed by atoms with Crippen LogP contribution in [0, 0.1) is 6.92 Å². The zero-order chi connectivity index (χ0) is 13.7. The first-order valence-corrected chi connectivity index (χ1v) is 7.20. The second kappa shape index (κ2) is 6.83. The van der Waals surface area contributed by atoms with Gasteiger partial charge in [-0.3, -0.25) is 0 Å². The third-order valence-corrected chi connectivity index (χ3v) is 3.48. The smallest absolute Gasteiger partial charge is 0.119 e. The summed E-state index contributed by atoms with van der Waals surface area (Å²) >= 11 is 9.49. The highest BCUT2D eigenvalue weighted by Gasteiger charge is 2.00. The topological polar surface area (TPSA) is 21.3 Å². The van der Waals surface area contributed by atoms with Gasteiger partial charge >= 0.3 is 0 Å². The van der Waals surface area contributed by atoms with E-state index < -0.39 is 0 Å². The molecule has 100 valence electrons. The summed E-state index contributed by atoms with van der Waals surface area (Å²) < 4.78 is 6.67. The lowest BCUT2D eigenvalue weighted by molar-refractivity contribution is 0.333. The van der Waals surface area contributed by atoms with Crippen LogP contribution in [0.2, 0.25) is 5.02 Å². The Morgan fingerprint density at radius 3 is 2.63 bits per heavy atom. The Bertz CT molecular complexity index is 542. The second-order valence-corrected chi connectivity index (χ2v) is 5.54. The first kappa shape index (κ1) is 14.2. The van der Waals surface area contributed by atoms with Gasteiger partial charge in [-0.05, 0) is 48.9 Å². The molecule has 0 spiro atoms. The summed E-state index contributed by atoms with van der Waals surface area (Å²) in [6.45, 7) is 3.34. The lowest BCUT2D eigenvalue weighted by Crippen LogP contribution is -2.11. The fraction of sp³-hybridized carbons (Fsp3) is 0.200.